The smallest absolute Gasteiger partial charge is 0.145 e. The minimum Gasteiger partial charge on any atom is -0.350 e. The Kier molecular flexibility index (Phi) is 3.93. The van der Waals surface area contributed by atoms with Gasteiger partial charge in [-0.3, -0.25) is 0 Å². The first-order valence-corrected chi connectivity index (χ1v) is 4.37. The van der Waals surface area contributed by atoms with Crippen LogP contribution in [-0.2, 0) is 47.0 Å². The van der Waals surface area contributed by atoms with Gasteiger partial charge < -0.3 is 20.7 Å². The zero-order valence-corrected chi connectivity index (χ0v) is 10.6. The van der Waals surface area contributed by atoms with Crippen LogP contribution in [0.5, 0.6) is 0 Å². The molecule has 0 N–H and O–H groups in total. The zero-order valence-electron chi connectivity index (χ0n) is 7.79. The summed E-state index contributed by atoms with van der Waals surface area (Å²) in [6, 6.07) is 0. The summed E-state index contributed by atoms with van der Waals surface area (Å²) in [5, 5.41) is 0. The summed E-state index contributed by atoms with van der Waals surface area (Å²) in [6.07, 6.45) is 3.03. The summed E-state index contributed by atoms with van der Waals surface area (Å²) in [6.45, 7) is 3.24. The summed E-state index contributed by atoms with van der Waals surface area (Å²) in [5.41, 5.74) is 0. The Morgan fingerprint density at radius 3 is 2.62 bits per heavy atom. The molecule has 4 heteroatoms. The average molecular weight is 258 g/mol. The standard InChI is InChI=1S/C9H13O3.Y/c1-7-6-9(3-2-8(7)10)11-4-5-12-9;/h2,7H,3-6H2,1H3;/q-1;. The number of carbonyl (C=O) groups is 1. The van der Waals surface area contributed by atoms with E-state index in [-0.39, 0.29) is 44.4 Å². The van der Waals surface area contributed by atoms with E-state index in [2.05, 4.69) is 0 Å². The van der Waals surface area contributed by atoms with Crippen molar-refractivity contribution in [2.45, 2.75) is 25.6 Å². The van der Waals surface area contributed by atoms with E-state index in [1.165, 1.54) is 0 Å². The molecule has 71 valence electrons. The van der Waals surface area contributed by atoms with Crippen molar-refractivity contribution in [3.05, 3.63) is 6.42 Å². The van der Waals surface area contributed by atoms with Crippen LogP contribution in [-0.4, -0.2) is 24.8 Å². The molecule has 0 amide bonds. The Hall–Kier alpha value is 0.564. The number of rotatable bonds is 0. The Morgan fingerprint density at radius 1 is 1.46 bits per heavy atom. The van der Waals surface area contributed by atoms with Crippen molar-refractivity contribution in [3.63, 3.8) is 0 Å². The molecular formula is C9H13O3Y-. The molecule has 13 heavy (non-hydrogen) atoms. The van der Waals surface area contributed by atoms with Crippen LogP contribution in [0.25, 0.3) is 0 Å². The van der Waals surface area contributed by atoms with Crippen LogP contribution in [0, 0.1) is 12.3 Å². The van der Waals surface area contributed by atoms with Crippen LogP contribution in [0.3, 0.4) is 0 Å². The molecule has 1 spiro atoms. The molecule has 2 fully saturated rings. The van der Waals surface area contributed by atoms with E-state index in [1.807, 2.05) is 6.92 Å². The van der Waals surface area contributed by atoms with E-state index in [9.17, 15) is 4.79 Å². The van der Waals surface area contributed by atoms with Gasteiger partial charge in [-0.25, -0.2) is 0 Å². The summed E-state index contributed by atoms with van der Waals surface area (Å²) < 4.78 is 11.0. The fourth-order valence-electron chi connectivity index (χ4n) is 1.84. The first kappa shape index (κ1) is 11.6. The quantitative estimate of drug-likeness (QED) is 0.606. The Balaban J connectivity index is 0.000000845. The number of hydrogen-bond acceptors (Lipinski definition) is 3. The molecule has 1 unspecified atom stereocenters. The second-order valence-corrected chi connectivity index (χ2v) is 3.52. The van der Waals surface area contributed by atoms with E-state index in [4.69, 9.17) is 9.47 Å². The van der Waals surface area contributed by atoms with Gasteiger partial charge in [-0.05, 0) is 5.92 Å². The van der Waals surface area contributed by atoms with Crippen LogP contribution in [0.15, 0.2) is 0 Å². The van der Waals surface area contributed by atoms with Crippen LogP contribution >= 0.6 is 0 Å². The first-order chi connectivity index (χ1) is 5.72. The van der Waals surface area contributed by atoms with Gasteiger partial charge in [0.25, 0.3) is 0 Å². The molecule has 1 saturated heterocycles. The second kappa shape index (κ2) is 4.39. The summed E-state index contributed by atoms with van der Waals surface area (Å²) in [4.78, 5) is 11.2. The normalized spacial score (nSPS) is 31.2. The zero-order chi connectivity index (χ0) is 8.60. The minimum atomic E-state index is -0.451. The third kappa shape index (κ3) is 2.32. The minimum absolute atomic E-state index is 0. The molecule has 2 rings (SSSR count). The van der Waals surface area contributed by atoms with E-state index in [1.54, 1.807) is 6.42 Å². The molecule has 0 aromatic carbocycles. The SMILES string of the molecule is CC1CC2(C[CH-]C1=O)OCCO2.[Y]. The third-order valence-corrected chi connectivity index (χ3v) is 2.53. The molecule has 1 aliphatic carbocycles. The monoisotopic (exact) mass is 258 g/mol. The number of hydrogen-bond donors (Lipinski definition) is 0. The molecule has 0 aromatic heterocycles. The fourth-order valence-corrected chi connectivity index (χ4v) is 1.84. The van der Waals surface area contributed by atoms with E-state index < -0.39 is 5.79 Å². The van der Waals surface area contributed by atoms with Crippen molar-refractivity contribution >= 4 is 5.78 Å². The van der Waals surface area contributed by atoms with Gasteiger partial charge in [-0.15, -0.1) is 6.42 Å². The Morgan fingerprint density at radius 2 is 2.08 bits per heavy atom. The number of carbonyl (C=O) groups excluding carboxylic acids is 1. The molecule has 1 radical (unpaired) electrons. The van der Waals surface area contributed by atoms with Crippen LogP contribution in [0.4, 0.5) is 0 Å². The van der Waals surface area contributed by atoms with E-state index >= 15 is 0 Å². The van der Waals surface area contributed by atoms with Crippen molar-refractivity contribution in [2.24, 2.45) is 5.92 Å². The summed E-state index contributed by atoms with van der Waals surface area (Å²) in [5.74, 6) is -0.176. The second-order valence-electron chi connectivity index (χ2n) is 3.52. The summed E-state index contributed by atoms with van der Waals surface area (Å²) in [7, 11) is 0. The molecule has 3 nitrogen and oxygen atoms in total. The van der Waals surface area contributed by atoms with Crippen molar-refractivity contribution in [1.29, 1.82) is 0 Å². The first-order valence-electron chi connectivity index (χ1n) is 4.37. The van der Waals surface area contributed by atoms with Crippen molar-refractivity contribution in [1.82, 2.24) is 0 Å². The molecule has 0 bridgehead atoms. The average Bonchev–Trinajstić information content (AvgIpc) is 2.47. The van der Waals surface area contributed by atoms with Gasteiger partial charge in [0.15, 0.2) is 0 Å². The predicted octanol–water partition coefficient (Wildman–Crippen LogP) is 0.930. The van der Waals surface area contributed by atoms with Gasteiger partial charge >= 0.3 is 0 Å². The van der Waals surface area contributed by atoms with Gasteiger partial charge in [0.1, 0.15) is 5.79 Å². The topological polar surface area (TPSA) is 35.5 Å². The van der Waals surface area contributed by atoms with Gasteiger partial charge in [0.2, 0.25) is 0 Å². The van der Waals surface area contributed by atoms with Gasteiger partial charge in [-0.2, -0.15) is 0 Å². The molecule has 2 aliphatic rings. The molecule has 1 atom stereocenters. The molecule has 0 aromatic rings. The van der Waals surface area contributed by atoms with Crippen molar-refractivity contribution in [2.75, 3.05) is 13.2 Å². The maximum Gasteiger partial charge on any atom is 0.145 e. The van der Waals surface area contributed by atoms with E-state index in [0.717, 1.165) is 0 Å². The Labute approximate surface area is 103 Å². The van der Waals surface area contributed by atoms with Gasteiger partial charge in [0, 0.05) is 44.9 Å². The van der Waals surface area contributed by atoms with Crippen LogP contribution in [0.1, 0.15) is 19.8 Å². The largest absolute Gasteiger partial charge is 0.350 e. The Bertz CT molecular complexity index is 199. The van der Waals surface area contributed by atoms with E-state index in [0.29, 0.717) is 26.1 Å². The number of Topliss-reactive ketones (excluding diaryl/α,β-unsaturated/α-hetero) is 1. The molecule has 1 heterocycles. The summed E-state index contributed by atoms with van der Waals surface area (Å²) >= 11 is 0. The maximum absolute atomic E-state index is 11.2. The van der Waals surface area contributed by atoms with Gasteiger partial charge in [0.05, 0.1) is 13.2 Å². The third-order valence-electron chi connectivity index (χ3n) is 2.53. The molecule has 1 aliphatic heterocycles. The molecular weight excluding hydrogens is 245 g/mol. The van der Waals surface area contributed by atoms with Crippen LogP contribution in [0.2, 0.25) is 0 Å². The maximum atomic E-state index is 11.2. The molecule has 1 saturated carbocycles. The number of ketones is 1. The fraction of sp³-hybridized carbons (Fsp3) is 0.778. The van der Waals surface area contributed by atoms with Crippen LogP contribution < -0.4 is 0 Å². The number of ether oxygens (including phenoxy) is 2. The van der Waals surface area contributed by atoms with Gasteiger partial charge in [-0.1, -0.05) is 6.92 Å². The van der Waals surface area contributed by atoms with Crippen molar-refractivity contribution < 1.29 is 47.0 Å². The predicted molar refractivity (Wildman–Crippen MR) is 42.3 cm³/mol. The van der Waals surface area contributed by atoms with Crippen molar-refractivity contribution in [3.8, 4) is 0 Å².